The molecule has 0 aliphatic carbocycles. The van der Waals surface area contributed by atoms with Crippen molar-refractivity contribution < 1.29 is 19.0 Å². The molecule has 1 amide bonds. The van der Waals surface area contributed by atoms with E-state index < -0.39 is 0 Å². The first kappa shape index (κ1) is 19.8. The quantitative estimate of drug-likeness (QED) is 0.626. The van der Waals surface area contributed by atoms with Crippen LogP contribution < -0.4 is 14.8 Å². The van der Waals surface area contributed by atoms with Crippen molar-refractivity contribution in [3.63, 3.8) is 0 Å². The monoisotopic (exact) mass is 357 g/mol. The summed E-state index contributed by atoms with van der Waals surface area (Å²) in [7, 11) is 1.58. The van der Waals surface area contributed by atoms with Gasteiger partial charge in [0, 0.05) is 18.7 Å². The van der Waals surface area contributed by atoms with Crippen LogP contribution in [0.1, 0.15) is 29.3 Å². The van der Waals surface area contributed by atoms with Crippen molar-refractivity contribution in [2.24, 2.45) is 0 Å². The van der Waals surface area contributed by atoms with Crippen LogP contribution in [0.4, 0.5) is 0 Å². The fourth-order valence-electron chi connectivity index (χ4n) is 2.50. The van der Waals surface area contributed by atoms with Crippen molar-refractivity contribution in [2.75, 3.05) is 33.5 Å². The highest BCUT2D eigenvalue weighted by atomic mass is 16.5. The molecule has 26 heavy (non-hydrogen) atoms. The molecular formula is C21H27NO4. The van der Waals surface area contributed by atoms with Gasteiger partial charge in [-0.1, -0.05) is 30.3 Å². The van der Waals surface area contributed by atoms with Crippen molar-refractivity contribution >= 4 is 5.91 Å². The van der Waals surface area contributed by atoms with Crippen LogP contribution in [0.2, 0.25) is 0 Å². The van der Waals surface area contributed by atoms with Gasteiger partial charge in [-0.25, -0.2) is 0 Å². The van der Waals surface area contributed by atoms with E-state index in [0.29, 0.717) is 43.4 Å². The van der Waals surface area contributed by atoms with Crippen LogP contribution >= 0.6 is 0 Å². The number of nitrogens with one attached hydrogen (secondary N) is 1. The van der Waals surface area contributed by atoms with Crippen LogP contribution in [-0.4, -0.2) is 39.4 Å². The maximum atomic E-state index is 12.2. The number of rotatable bonds is 11. The molecule has 1 N–H and O–H groups in total. The van der Waals surface area contributed by atoms with Crippen LogP contribution in [0.3, 0.4) is 0 Å². The van der Waals surface area contributed by atoms with Gasteiger partial charge in [0.1, 0.15) is 0 Å². The molecule has 2 aromatic carbocycles. The Balaban J connectivity index is 1.66. The zero-order valence-corrected chi connectivity index (χ0v) is 15.5. The van der Waals surface area contributed by atoms with Gasteiger partial charge in [0.2, 0.25) is 0 Å². The number of amides is 1. The molecule has 0 aromatic heterocycles. The summed E-state index contributed by atoms with van der Waals surface area (Å²) in [4.78, 5) is 12.2. The van der Waals surface area contributed by atoms with Gasteiger partial charge in [0.25, 0.3) is 5.91 Å². The molecule has 2 aromatic rings. The zero-order chi connectivity index (χ0) is 18.6. The predicted octanol–water partition coefficient (Wildman–Crippen LogP) is 3.47. The number of methoxy groups -OCH3 is 1. The molecule has 2 rings (SSSR count). The Morgan fingerprint density at radius 2 is 1.85 bits per heavy atom. The number of hydrogen-bond acceptors (Lipinski definition) is 4. The molecule has 0 bridgehead atoms. The first-order valence-corrected chi connectivity index (χ1v) is 8.95. The third-order valence-electron chi connectivity index (χ3n) is 3.85. The van der Waals surface area contributed by atoms with Crippen LogP contribution in [-0.2, 0) is 11.2 Å². The van der Waals surface area contributed by atoms with Gasteiger partial charge in [-0.05, 0) is 43.5 Å². The topological polar surface area (TPSA) is 56.8 Å². The van der Waals surface area contributed by atoms with E-state index in [4.69, 9.17) is 14.2 Å². The van der Waals surface area contributed by atoms with Crippen LogP contribution in [0.5, 0.6) is 11.5 Å². The van der Waals surface area contributed by atoms with Crippen LogP contribution in [0, 0.1) is 0 Å². The standard InChI is InChI=1S/C21H27NO4/c1-3-26-20-16-18(10-11-19(20)24-2)21(23)22-13-7-14-25-15-12-17-8-5-4-6-9-17/h4-6,8-11,16H,3,7,12-15H2,1-2H3,(H,22,23). The lowest BCUT2D eigenvalue weighted by atomic mass is 10.2. The average Bonchev–Trinajstić information content (AvgIpc) is 2.68. The van der Waals surface area contributed by atoms with E-state index in [9.17, 15) is 4.79 Å². The van der Waals surface area contributed by atoms with Crippen molar-refractivity contribution in [2.45, 2.75) is 19.8 Å². The summed E-state index contributed by atoms with van der Waals surface area (Å²) in [6.07, 6.45) is 1.67. The van der Waals surface area contributed by atoms with Gasteiger partial charge in [0.05, 0.1) is 20.3 Å². The molecule has 0 fully saturated rings. The smallest absolute Gasteiger partial charge is 0.251 e. The summed E-state index contributed by atoms with van der Waals surface area (Å²) in [5.41, 5.74) is 1.82. The molecule has 0 atom stereocenters. The lowest BCUT2D eigenvalue weighted by Gasteiger charge is -2.11. The Morgan fingerprint density at radius 3 is 2.58 bits per heavy atom. The molecule has 5 nitrogen and oxygen atoms in total. The first-order chi connectivity index (χ1) is 12.7. The molecule has 0 saturated heterocycles. The van der Waals surface area contributed by atoms with Crippen molar-refractivity contribution in [3.8, 4) is 11.5 Å². The Hall–Kier alpha value is -2.53. The Labute approximate surface area is 155 Å². The third-order valence-corrected chi connectivity index (χ3v) is 3.85. The summed E-state index contributed by atoms with van der Waals surface area (Å²) >= 11 is 0. The second-order valence-electron chi connectivity index (χ2n) is 5.76. The lowest BCUT2D eigenvalue weighted by molar-refractivity contribution is 0.0941. The Kier molecular flexibility index (Phi) is 8.49. The highest BCUT2D eigenvalue weighted by Gasteiger charge is 2.10. The molecule has 0 unspecified atom stereocenters. The first-order valence-electron chi connectivity index (χ1n) is 8.95. The molecule has 0 radical (unpaired) electrons. The summed E-state index contributed by atoms with van der Waals surface area (Å²) in [6.45, 7) is 4.29. The zero-order valence-electron chi connectivity index (χ0n) is 15.5. The predicted molar refractivity (Wildman–Crippen MR) is 102 cm³/mol. The second-order valence-corrected chi connectivity index (χ2v) is 5.76. The Morgan fingerprint density at radius 1 is 1.04 bits per heavy atom. The fraction of sp³-hybridized carbons (Fsp3) is 0.381. The van der Waals surface area contributed by atoms with Gasteiger partial charge in [0.15, 0.2) is 11.5 Å². The largest absolute Gasteiger partial charge is 0.493 e. The minimum absolute atomic E-state index is 0.127. The van der Waals surface area contributed by atoms with E-state index >= 15 is 0 Å². The van der Waals surface area contributed by atoms with Gasteiger partial charge in [-0.15, -0.1) is 0 Å². The molecular weight excluding hydrogens is 330 g/mol. The minimum atomic E-state index is -0.127. The van der Waals surface area contributed by atoms with Crippen LogP contribution in [0.25, 0.3) is 0 Å². The summed E-state index contributed by atoms with van der Waals surface area (Å²) in [6, 6.07) is 15.4. The number of carbonyl (C=O) groups is 1. The van der Waals surface area contributed by atoms with E-state index in [1.54, 1.807) is 25.3 Å². The van der Waals surface area contributed by atoms with Gasteiger partial charge in [-0.2, -0.15) is 0 Å². The molecule has 0 spiro atoms. The minimum Gasteiger partial charge on any atom is -0.493 e. The number of benzene rings is 2. The normalized spacial score (nSPS) is 10.4. The molecule has 5 heteroatoms. The van der Waals surface area contributed by atoms with Crippen molar-refractivity contribution in [3.05, 3.63) is 59.7 Å². The molecule has 0 heterocycles. The molecule has 0 aliphatic heterocycles. The average molecular weight is 357 g/mol. The van der Waals surface area contributed by atoms with Crippen LogP contribution in [0.15, 0.2) is 48.5 Å². The maximum Gasteiger partial charge on any atom is 0.251 e. The number of ether oxygens (including phenoxy) is 3. The van der Waals surface area contributed by atoms with Crippen molar-refractivity contribution in [1.82, 2.24) is 5.32 Å². The van der Waals surface area contributed by atoms with E-state index in [1.807, 2.05) is 25.1 Å². The highest BCUT2D eigenvalue weighted by molar-refractivity contribution is 5.94. The van der Waals surface area contributed by atoms with E-state index in [-0.39, 0.29) is 5.91 Å². The maximum absolute atomic E-state index is 12.2. The number of carbonyl (C=O) groups excluding carboxylic acids is 1. The highest BCUT2D eigenvalue weighted by Crippen LogP contribution is 2.27. The van der Waals surface area contributed by atoms with Gasteiger partial charge in [-0.3, -0.25) is 4.79 Å². The SMILES string of the molecule is CCOc1cc(C(=O)NCCCOCCc2ccccc2)ccc1OC. The Bertz CT molecular complexity index is 673. The molecule has 140 valence electrons. The number of hydrogen-bond donors (Lipinski definition) is 1. The van der Waals surface area contributed by atoms with Crippen molar-refractivity contribution in [1.29, 1.82) is 0 Å². The third kappa shape index (κ3) is 6.41. The summed E-state index contributed by atoms with van der Waals surface area (Å²) in [5, 5.41) is 2.90. The summed E-state index contributed by atoms with van der Waals surface area (Å²) < 4.78 is 16.3. The van der Waals surface area contributed by atoms with E-state index in [2.05, 4.69) is 17.4 Å². The lowest BCUT2D eigenvalue weighted by Crippen LogP contribution is -2.25. The second kappa shape index (κ2) is 11.2. The summed E-state index contributed by atoms with van der Waals surface area (Å²) in [5.74, 6) is 1.07. The van der Waals surface area contributed by atoms with Gasteiger partial charge >= 0.3 is 0 Å². The van der Waals surface area contributed by atoms with E-state index in [1.165, 1.54) is 5.56 Å². The molecule has 0 aliphatic rings. The van der Waals surface area contributed by atoms with Gasteiger partial charge < -0.3 is 19.5 Å². The fourth-order valence-corrected chi connectivity index (χ4v) is 2.50. The van der Waals surface area contributed by atoms with E-state index in [0.717, 1.165) is 12.8 Å². The molecule has 0 saturated carbocycles.